The number of ether oxygens (including phenoxy) is 1. The highest BCUT2D eigenvalue weighted by Gasteiger charge is 2.24. The standard InChI is InChI=1S/C19H28N2O2/c1-2-14-11-17-15(6-9-22)13-21-18(17)12-19(14)23-10-7-16-5-3-4-8-20-16/h9,11-12,15-16,20-21H,2-8,10,13H2,1H3. The van der Waals surface area contributed by atoms with Gasteiger partial charge in [-0.25, -0.2) is 0 Å². The molecule has 1 aromatic rings. The molecule has 1 fully saturated rings. The van der Waals surface area contributed by atoms with Crippen LogP contribution in [0.5, 0.6) is 5.75 Å². The van der Waals surface area contributed by atoms with Crippen LogP contribution in [-0.4, -0.2) is 32.0 Å². The Hall–Kier alpha value is -1.55. The number of aldehydes is 1. The number of fused-ring (bicyclic) bond motifs is 1. The van der Waals surface area contributed by atoms with Gasteiger partial charge in [0.2, 0.25) is 0 Å². The molecule has 1 aromatic carbocycles. The summed E-state index contributed by atoms with van der Waals surface area (Å²) in [6.07, 6.45) is 7.54. The van der Waals surface area contributed by atoms with Crippen LogP contribution in [0.2, 0.25) is 0 Å². The maximum atomic E-state index is 10.8. The summed E-state index contributed by atoms with van der Waals surface area (Å²) in [5.74, 6) is 1.31. The fraction of sp³-hybridized carbons (Fsp3) is 0.632. The van der Waals surface area contributed by atoms with E-state index >= 15 is 0 Å². The van der Waals surface area contributed by atoms with Crippen LogP contribution < -0.4 is 15.4 Å². The molecule has 0 aliphatic carbocycles. The predicted molar refractivity (Wildman–Crippen MR) is 93.5 cm³/mol. The number of hydrogen-bond acceptors (Lipinski definition) is 4. The molecular weight excluding hydrogens is 288 g/mol. The van der Waals surface area contributed by atoms with Gasteiger partial charge >= 0.3 is 0 Å². The molecule has 2 aliphatic heterocycles. The zero-order valence-corrected chi connectivity index (χ0v) is 14.1. The molecular formula is C19H28N2O2. The summed E-state index contributed by atoms with van der Waals surface area (Å²) in [5, 5.41) is 6.99. The lowest BCUT2D eigenvalue weighted by Gasteiger charge is -2.23. The van der Waals surface area contributed by atoms with Crippen LogP contribution in [0.25, 0.3) is 0 Å². The first-order valence-corrected chi connectivity index (χ1v) is 9.02. The molecule has 0 aromatic heterocycles. The van der Waals surface area contributed by atoms with Crippen molar-refractivity contribution in [3.05, 3.63) is 23.3 Å². The van der Waals surface area contributed by atoms with Crippen LogP contribution in [0.4, 0.5) is 5.69 Å². The fourth-order valence-corrected chi connectivity index (χ4v) is 3.70. The Morgan fingerprint density at radius 1 is 1.35 bits per heavy atom. The van der Waals surface area contributed by atoms with E-state index in [0.717, 1.165) is 50.3 Å². The van der Waals surface area contributed by atoms with Crippen LogP contribution in [0.3, 0.4) is 0 Å². The summed E-state index contributed by atoms with van der Waals surface area (Å²) < 4.78 is 6.10. The zero-order chi connectivity index (χ0) is 16.1. The van der Waals surface area contributed by atoms with Gasteiger partial charge in [-0.2, -0.15) is 0 Å². The molecule has 23 heavy (non-hydrogen) atoms. The molecule has 4 heteroatoms. The zero-order valence-electron chi connectivity index (χ0n) is 14.1. The van der Waals surface area contributed by atoms with E-state index in [0.29, 0.717) is 18.4 Å². The molecule has 2 N–H and O–H groups in total. The molecule has 1 saturated heterocycles. The molecule has 2 atom stereocenters. The molecule has 0 amide bonds. The van der Waals surface area contributed by atoms with Crippen LogP contribution >= 0.6 is 0 Å². The number of rotatable bonds is 7. The number of piperidine rings is 1. The Morgan fingerprint density at radius 3 is 3.00 bits per heavy atom. The van der Waals surface area contributed by atoms with E-state index in [1.807, 2.05) is 0 Å². The first-order chi connectivity index (χ1) is 11.3. The second-order valence-corrected chi connectivity index (χ2v) is 6.66. The normalized spacial score (nSPS) is 23.2. The second-order valence-electron chi connectivity index (χ2n) is 6.66. The van der Waals surface area contributed by atoms with E-state index in [2.05, 4.69) is 29.7 Å². The van der Waals surface area contributed by atoms with Gasteiger partial charge in [0, 0.05) is 36.7 Å². The van der Waals surface area contributed by atoms with E-state index < -0.39 is 0 Å². The molecule has 0 saturated carbocycles. The molecule has 0 spiro atoms. The van der Waals surface area contributed by atoms with Crippen molar-refractivity contribution in [3.63, 3.8) is 0 Å². The Morgan fingerprint density at radius 2 is 2.26 bits per heavy atom. The van der Waals surface area contributed by atoms with Crippen molar-refractivity contribution < 1.29 is 9.53 Å². The lowest BCUT2D eigenvalue weighted by Crippen LogP contribution is -2.35. The number of benzene rings is 1. The van der Waals surface area contributed by atoms with Crippen LogP contribution in [-0.2, 0) is 11.2 Å². The quantitative estimate of drug-likeness (QED) is 0.758. The molecule has 126 valence electrons. The van der Waals surface area contributed by atoms with Gasteiger partial charge in [-0.1, -0.05) is 13.3 Å². The first kappa shape index (κ1) is 16.3. The number of anilines is 1. The van der Waals surface area contributed by atoms with Crippen molar-refractivity contribution >= 4 is 12.0 Å². The Balaban J connectivity index is 1.64. The minimum Gasteiger partial charge on any atom is -0.493 e. The van der Waals surface area contributed by atoms with Gasteiger partial charge in [-0.3, -0.25) is 0 Å². The van der Waals surface area contributed by atoms with Crippen molar-refractivity contribution in [1.82, 2.24) is 5.32 Å². The van der Waals surface area contributed by atoms with Crippen LogP contribution in [0.1, 0.15) is 56.1 Å². The van der Waals surface area contributed by atoms with E-state index in [1.54, 1.807) is 0 Å². The third-order valence-electron chi connectivity index (χ3n) is 5.11. The topological polar surface area (TPSA) is 50.4 Å². The van der Waals surface area contributed by atoms with Crippen molar-refractivity contribution in [2.75, 3.05) is 25.0 Å². The third kappa shape index (κ3) is 3.86. The van der Waals surface area contributed by atoms with Crippen molar-refractivity contribution in [2.45, 2.75) is 57.4 Å². The summed E-state index contributed by atoms with van der Waals surface area (Å²) in [6.45, 7) is 4.92. The largest absolute Gasteiger partial charge is 0.493 e. The predicted octanol–water partition coefficient (Wildman–Crippen LogP) is 3.26. The summed E-state index contributed by atoms with van der Waals surface area (Å²) in [6, 6.07) is 4.98. The van der Waals surface area contributed by atoms with Gasteiger partial charge in [0.05, 0.1) is 6.61 Å². The molecule has 2 unspecified atom stereocenters. The molecule has 3 rings (SSSR count). The summed E-state index contributed by atoms with van der Waals surface area (Å²) in [4.78, 5) is 10.8. The van der Waals surface area contributed by atoms with Crippen molar-refractivity contribution in [1.29, 1.82) is 0 Å². The van der Waals surface area contributed by atoms with Gasteiger partial charge in [-0.05, 0) is 49.4 Å². The lowest BCUT2D eigenvalue weighted by atomic mass is 9.95. The molecule has 0 radical (unpaired) electrons. The highest BCUT2D eigenvalue weighted by Crippen LogP contribution is 2.38. The summed E-state index contributed by atoms with van der Waals surface area (Å²) in [7, 11) is 0. The van der Waals surface area contributed by atoms with Gasteiger partial charge in [0.25, 0.3) is 0 Å². The van der Waals surface area contributed by atoms with Crippen molar-refractivity contribution in [3.8, 4) is 5.75 Å². The SMILES string of the molecule is CCc1cc2c(cc1OCCC1CCCCN1)NCC2CC=O. The molecule has 2 aliphatic rings. The molecule has 0 bridgehead atoms. The number of aryl methyl sites for hydroxylation is 1. The van der Waals surface area contributed by atoms with E-state index in [4.69, 9.17) is 4.74 Å². The Kier molecular flexibility index (Phi) is 5.55. The fourth-order valence-electron chi connectivity index (χ4n) is 3.70. The van der Waals surface area contributed by atoms with Crippen LogP contribution in [0, 0.1) is 0 Å². The van der Waals surface area contributed by atoms with E-state index in [1.165, 1.54) is 30.4 Å². The average molecular weight is 316 g/mol. The minimum atomic E-state index is 0.313. The molecule has 4 nitrogen and oxygen atoms in total. The maximum Gasteiger partial charge on any atom is 0.124 e. The van der Waals surface area contributed by atoms with Crippen LogP contribution in [0.15, 0.2) is 12.1 Å². The summed E-state index contributed by atoms with van der Waals surface area (Å²) >= 11 is 0. The number of carbonyl (C=O) groups is 1. The second kappa shape index (κ2) is 7.82. The average Bonchev–Trinajstić information content (AvgIpc) is 2.97. The maximum absolute atomic E-state index is 10.8. The van der Waals surface area contributed by atoms with Gasteiger partial charge in [0.1, 0.15) is 12.0 Å². The van der Waals surface area contributed by atoms with Crippen molar-refractivity contribution in [2.24, 2.45) is 0 Å². The monoisotopic (exact) mass is 316 g/mol. The Bertz CT molecular complexity index is 538. The smallest absolute Gasteiger partial charge is 0.124 e. The molecule has 2 heterocycles. The number of hydrogen-bond donors (Lipinski definition) is 2. The van der Waals surface area contributed by atoms with Gasteiger partial charge in [-0.15, -0.1) is 0 Å². The van der Waals surface area contributed by atoms with E-state index in [-0.39, 0.29) is 0 Å². The first-order valence-electron chi connectivity index (χ1n) is 9.02. The number of carbonyl (C=O) groups excluding carboxylic acids is 1. The third-order valence-corrected chi connectivity index (χ3v) is 5.11. The lowest BCUT2D eigenvalue weighted by molar-refractivity contribution is -0.108. The highest BCUT2D eigenvalue weighted by molar-refractivity contribution is 5.65. The Labute approximate surface area is 139 Å². The highest BCUT2D eigenvalue weighted by atomic mass is 16.5. The summed E-state index contributed by atoms with van der Waals surface area (Å²) in [5.41, 5.74) is 3.66. The van der Waals surface area contributed by atoms with E-state index in [9.17, 15) is 4.79 Å². The van der Waals surface area contributed by atoms with Gasteiger partial charge < -0.3 is 20.2 Å². The number of nitrogens with one attached hydrogen (secondary N) is 2. The van der Waals surface area contributed by atoms with Gasteiger partial charge in [0.15, 0.2) is 0 Å². The minimum absolute atomic E-state index is 0.313.